The van der Waals surface area contributed by atoms with Gasteiger partial charge in [0.2, 0.25) is 0 Å². The first-order valence-electron chi connectivity index (χ1n) is 6.74. The predicted octanol–water partition coefficient (Wildman–Crippen LogP) is 3.31. The van der Waals surface area contributed by atoms with Crippen molar-refractivity contribution in [2.45, 2.75) is 52.9 Å². The zero-order valence-corrected chi connectivity index (χ0v) is 11.5. The van der Waals surface area contributed by atoms with E-state index in [0.29, 0.717) is 5.57 Å². The SMILES string of the molecule is CCCCN(CCC=C(C)C(=O)O)CCCC. The van der Waals surface area contributed by atoms with Crippen molar-refractivity contribution in [3.63, 3.8) is 0 Å². The van der Waals surface area contributed by atoms with Crippen molar-refractivity contribution in [1.29, 1.82) is 0 Å². The number of rotatable bonds is 10. The van der Waals surface area contributed by atoms with E-state index >= 15 is 0 Å². The minimum atomic E-state index is -0.807. The number of aliphatic carboxylic acids is 1. The smallest absolute Gasteiger partial charge is 0.330 e. The number of hydrogen-bond acceptors (Lipinski definition) is 2. The van der Waals surface area contributed by atoms with Gasteiger partial charge in [-0.15, -0.1) is 0 Å². The maximum atomic E-state index is 10.6. The van der Waals surface area contributed by atoms with Crippen molar-refractivity contribution in [2.24, 2.45) is 0 Å². The number of hydrogen-bond donors (Lipinski definition) is 1. The van der Waals surface area contributed by atoms with Crippen LogP contribution in [-0.2, 0) is 4.79 Å². The Labute approximate surface area is 106 Å². The molecule has 0 saturated carbocycles. The highest BCUT2D eigenvalue weighted by atomic mass is 16.4. The summed E-state index contributed by atoms with van der Waals surface area (Å²) in [5.41, 5.74) is 0.455. The average Bonchev–Trinajstić information content (AvgIpc) is 2.31. The molecule has 1 N–H and O–H groups in total. The van der Waals surface area contributed by atoms with Crippen molar-refractivity contribution in [1.82, 2.24) is 4.90 Å². The second-order valence-electron chi connectivity index (χ2n) is 4.53. The predicted molar refractivity (Wildman–Crippen MR) is 72.3 cm³/mol. The molecule has 100 valence electrons. The molecule has 0 heterocycles. The number of carboxylic acids is 1. The number of carbonyl (C=O) groups is 1. The molecule has 0 fully saturated rings. The van der Waals surface area contributed by atoms with Crippen LogP contribution >= 0.6 is 0 Å². The second-order valence-corrected chi connectivity index (χ2v) is 4.53. The van der Waals surface area contributed by atoms with Gasteiger partial charge in [0.05, 0.1) is 0 Å². The van der Waals surface area contributed by atoms with Gasteiger partial charge < -0.3 is 10.0 Å². The van der Waals surface area contributed by atoms with Gasteiger partial charge in [-0.25, -0.2) is 4.79 Å². The first-order valence-corrected chi connectivity index (χ1v) is 6.74. The van der Waals surface area contributed by atoms with E-state index in [1.54, 1.807) is 6.92 Å². The van der Waals surface area contributed by atoms with Gasteiger partial charge in [-0.3, -0.25) is 0 Å². The molecule has 0 aromatic carbocycles. The summed E-state index contributed by atoms with van der Waals surface area (Å²) in [4.78, 5) is 13.1. The molecule has 0 unspecified atom stereocenters. The molecular weight excluding hydrogens is 214 g/mol. The quantitative estimate of drug-likeness (QED) is 0.596. The van der Waals surface area contributed by atoms with Gasteiger partial charge in [0.1, 0.15) is 0 Å². The monoisotopic (exact) mass is 241 g/mol. The Kier molecular flexibility index (Phi) is 9.83. The van der Waals surface area contributed by atoms with E-state index in [-0.39, 0.29) is 0 Å². The second kappa shape index (κ2) is 10.3. The maximum absolute atomic E-state index is 10.6. The topological polar surface area (TPSA) is 40.5 Å². The normalized spacial score (nSPS) is 12.1. The Morgan fingerprint density at radius 3 is 2.06 bits per heavy atom. The summed E-state index contributed by atoms with van der Waals surface area (Å²) in [7, 11) is 0. The highest BCUT2D eigenvalue weighted by Gasteiger charge is 2.03. The van der Waals surface area contributed by atoms with E-state index in [9.17, 15) is 4.79 Å². The van der Waals surface area contributed by atoms with Gasteiger partial charge in [-0.1, -0.05) is 32.8 Å². The molecular formula is C14H27NO2. The Morgan fingerprint density at radius 1 is 1.12 bits per heavy atom. The molecule has 0 bridgehead atoms. The molecule has 0 saturated heterocycles. The minimum absolute atomic E-state index is 0.455. The van der Waals surface area contributed by atoms with Crippen LogP contribution in [0.15, 0.2) is 11.6 Å². The van der Waals surface area contributed by atoms with Gasteiger partial charge in [0.25, 0.3) is 0 Å². The fraction of sp³-hybridized carbons (Fsp3) is 0.786. The van der Waals surface area contributed by atoms with Crippen LogP contribution in [0.4, 0.5) is 0 Å². The lowest BCUT2D eigenvalue weighted by Crippen LogP contribution is -2.27. The zero-order valence-electron chi connectivity index (χ0n) is 11.5. The molecule has 0 aliphatic rings. The zero-order chi connectivity index (χ0) is 13.1. The fourth-order valence-electron chi connectivity index (χ4n) is 1.65. The van der Waals surface area contributed by atoms with E-state index in [1.807, 2.05) is 6.08 Å². The Morgan fingerprint density at radius 2 is 1.65 bits per heavy atom. The maximum Gasteiger partial charge on any atom is 0.330 e. The van der Waals surface area contributed by atoms with E-state index in [1.165, 1.54) is 25.7 Å². The van der Waals surface area contributed by atoms with Gasteiger partial charge in [0, 0.05) is 12.1 Å². The molecule has 0 atom stereocenters. The summed E-state index contributed by atoms with van der Waals surface area (Å²) in [5.74, 6) is -0.807. The van der Waals surface area contributed by atoms with Crippen molar-refractivity contribution in [2.75, 3.05) is 19.6 Å². The molecule has 0 aliphatic heterocycles. The van der Waals surface area contributed by atoms with Crippen LogP contribution in [0.2, 0.25) is 0 Å². The van der Waals surface area contributed by atoms with Crippen LogP contribution in [0.5, 0.6) is 0 Å². The highest BCUT2D eigenvalue weighted by Crippen LogP contribution is 2.02. The first-order chi connectivity index (χ1) is 8.11. The molecule has 0 spiro atoms. The molecule has 0 aromatic rings. The van der Waals surface area contributed by atoms with E-state index in [0.717, 1.165) is 26.1 Å². The van der Waals surface area contributed by atoms with E-state index in [2.05, 4.69) is 18.7 Å². The lowest BCUT2D eigenvalue weighted by Gasteiger charge is -2.21. The molecule has 0 rings (SSSR count). The molecule has 0 amide bonds. The minimum Gasteiger partial charge on any atom is -0.478 e. The number of nitrogens with zero attached hydrogens (tertiary/aromatic N) is 1. The number of unbranched alkanes of at least 4 members (excludes halogenated alkanes) is 2. The summed E-state index contributed by atoms with van der Waals surface area (Å²) in [5, 5.41) is 8.75. The molecule has 0 aromatic heterocycles. The standard InChI is InChI=1S/C14H27NO2/c1-4-6-10-15(11-7-5-2)12-8-9-13(3)14(16)17/h9H,4-8,10-12H2,1-3H3,(H,16,17). The van der Waals surface area contributed by atoms with Crippen molar-refractivity contribution in [3.8, 4) is 0 Å². The fourth-order valence-corrected chi connectivity index (χ4v) is 1.65. The van der Waals surface area contributed by atoms with Crippen LogP contribution in [-0.4, -0.2) is 35.6 Å². The summed E-state index contributed by atoms with van der Waals surface area (Å²) < 4.78 is 0. The van der Waals surface area contributed by atoms with Crippen molar-refractivity contribution >= 4 is 5.97 Å². The Hall–Kier alpha value is -0.830. The Bertz CT molecular complexity index is 228. The molecule has 3 nitrogen and oxygen atoms in total. The van der Waals surface area contributed by atoms with Crippen LogP contribution < -0.4 is 0 Å². The highest BCUT2D eigenvalue weighted by molar-refractivity contribution is 5.85. The van der Waals surface area contributed by atoms with Gasteiger partial charge in [-0.05, 0) is 39.3 Å². The Balaban J connectivity index is 3.96. The van der Waals surface area contributed by atoms with Crippen molar-refractivity contribution in [3.05, 3.63) is 11.6 Å². The molecule has 0 radical (unpaired) electrons. The molecule has 0 aliphatic carbocycles. The first kappa shape index (κ1) is 16.2. The van der Waals surface area contributed by atoms with E-state index < -0.39 is 5.97 Å². The summed E-state index contributed by atoms with van der Waals surface area (Å²) in [6.07, 6.45) is 7.55. The third-order valence-corrected chi connectivity index (χ3v) is 2.89. The van der Waals surface area contributed by atoms with Crippen molar-refractivity contribution < 1.29 is 9.90 Å². The van der Waals surface area contributed by atoms with Crippen LogP contribution in [0.1, 0.15) is 52.9 Å². The number of carboxylic acid groups (broad SMARTS) is 1. The van der Waals surface area contributed by atoms with Crippen LogP contribution in [0.3, 0.4) is 0 Å². The van der Waals surface area contributed by atoms with Gasteiger partial charge >= 0.3 is 5.97 Å². The molecule has 3 heteroatoms. The lowest BCUT2D eigenvalue weighted by molar-refractivity contribution is -0.132. The summed E-state index contributed by atoms with van der Waals surface area (Å²) >= 11 is 0. The third-order valence-electron chi connectivity index (χ3n) is 2.89. The lowest BCUT2D eigenvalue weighted by atomic mass is 10.2. The van der Waals surface area contributed by atoms with Crippen LogP contribution in [0, 0.1) is 0 Å². The van der Waals surface area contributed by atoms with E-state index in [4.69, 9.17) is 5.11 Å². The third kappa shape index (κ3) is 8.93. The summed E-state index contributed by atoms with van der Waals surface area (Å²) in [6.45, 7) is 9.31. The van der Waals surface area contributed by atoms with Gasteiger partial charge in [-0.2, -0.15) is 0 Å². The van der Waals surface area contributed by atoms with Crippen LogP contribution in [0.25, 0.3) is 0 Å². The largest absolute Gasteiger partial charge is 0.478 e. The van der Waals surface area contributed by atoms with Gasteiger partial charge in [0.15, 0.2) is 0 Å². The molecule has 17 heavy (non-hydrogen) atoms. The summed E-state index contributed by atoms with van der Waals surface area (Å²) in [6, 6.07) is 0. The average molecular weight is 241 g/mol.